The molecule has 0 unspecified atom stereocenters. The molecule has 31 heavy (non-hydrogen) atoms. The Labute approximate surface area is 198 Å². The highest BCUT2D eigenvalue weighted by Gasteiger charge is 2.40. The van der Waals surface area contributed by atoms with Gasteiger partial charge in [-0.1, -0.05) is 34.1 Å². The first-order chi connectivity index (χ1) is 15.0. The molecule has 2 N–H and O–H groups in total. The van der Waals surface area contributed by atoms with Crippen LogP contribution in [-0.4, -0.2) is 22.2 Å². The zero-order chi connectivity index (χ0) is 21.8. The zero-order valence-electron chi connectivity index (χ0n) is 16.2. The van der Waals surface area contributed by atoms with Crippen LogP contribution >= 0.6 is 39.9 Å². The largest absolute Gasteiger partial charge is 0.332 e. The van der Waals surface area contributed by atoms with Crippen molar-refractivity contribution in [2.45, 2.75) is 16.6 Å². The Morgan fingerprint density at radius 1 is 0.903 bits per heavy atom. The maximum atomic E-state index is 12.8. The van der Waals surface area contributed by atoms with E-state index < -0.39 is 5.25 Å². The standard InChI is InChI=1S/C23H18BrN3O2S2/c24-15-6-10-18(11-7-15)27-21(28)14-20(22(27)29)31-19-12-8-17(9-13-19)26-23(30)25-16-4-2-1-3-5-16/h1-13,20H,14H2,(H2,25,26,30)/t20-/m1/s1. The molecule has 0 spiro atoms. The number of rotatable bonds is 5. The molecule has 1 fully saturated rings. The van der Waals surface area contributed by atoms with Gasteiger partial charge in [0.2, 0.25) is 11.8 Å². The third-order valence-corrected chi connectivity index (χ3v) is 6.54. The van der Waals surface area contributed by atoms with Gasteiger partial charge in [-0.15, -0.1) is 11.8 Å². The van der Waals surface area contributed by atoms with Crippen molar-refractivity contribution in [2.24, 2.45) is 0 Å². The van der Waals surface area contributed by atoms with Crippen molar-refractivity contribution in [3.05, 3.63) is 83.3 Å². The summed E-state index contributed by atoms with van der Waals surface area (Å²) in [6, 6.07) is 24.5. The number of anilines is 3. The summed E-state index contributed by atoms with van der Waals surface area (Å²) < 4.78 is 0.897. The van der Waals surface area contributed by atoms with E-state index in [1.807, 2.05) is 66.7 Å². The summed E-state index contributed by atoms with van der Waals surface area (Å²) in [6.45, 7) is 0. The highest BCUT2D eigenvalue weighted by Crippen LogP contribution is 2.34. The van der Waals surface area contributed by atoms with Gasteiger partial charge in [-0.3, -0.25) is 9.59 Å². The summed E-state index contributed by atoms with van der Waals surface area (Å²) in [6.07, 6.45) is 0.185. The molecule has 3 aromatic rings. The lowest BCUT2D eigenvalue weighted by atomic mass is 10.3. The molecule has 0 radical (unpaired) electrons. The number of thiocarbonyl (C=S) groups is 1. The number of hydrogen-bond acceptors (Lipinski definition) is 4. The van der Waals surface area contributed by atoms with E-state index in [9.17, 15) is 9.59 Å². The number of nitrogens with one attached hydrogen (secondary N) is 2. The van der Waals surface area contributed by atoms with Crippen molar-refractivity contribution < 1.29 is 9.59 Å². The van der Waals surface area contributed by atoms with Gasteiger partial charge in [-0.2, -0.15) is 0 Å². The molecule has 2 amide bonds. The van der Waals surface area contributed by atoms with E-state index in [1.54, 1.807) is 12.1 Å². The van der Waals surface area contributed by atoms with E-state index in [2.05, 4.69) is 26.6 Å². The fourth-order valence-corrected chi connectivity index (χ4v) is 4.71. The smallest absolute Gasteiger partial charge is 0.247 e. The first-order valence-corrected chi connectivity index (χ1v) is 11.6. The van der Waals surface area contributed by atoms with Crippen LogP contribution in [-0.2, 0) is 9.59 Å². The Morgan fingerprint density at radius 2 is 1.52 bits per heavy atom. The Kier molecular flexibility index (Phi) is 6.70. The quantitative estimate of drug-likeness (QED) is 0.339. The zero-order valence-corrected chi connectivity index (χ0v) is 19.5. The Morgan fingerprint density at radius 3 is 2.16 bits per heavy atom. The molecule has 0 saturated carbocycles. The van der Waals surface area contributed by atoms with Gasteiger partial charge < -0.3 is 10.6 Å². The number of halogens is 1. The fourth-order valence-electron chi connectivity index (χ4n) is 3.15. The van der Waals surface area contributed by atoms with Crippen LogP contribution in [0.4, 0.5) is 17.1 Å². The summed E-state index contributed by atoms with van der Waals surface area (Å²) in [5.74, 6) is -0.367. The van der Waals surface area contributed by atoms with E-state index in [-0.39, 0.29) is 18.2 Å². The second-order valence-corrected chi connectivity index (χ2v) is 9.42. The number of amides is 2. The van der Waals surface area contributed by atoms with Crippen molar-refractivity contribution >= 4 is 73.9 Å². The van der Waals surface area contributed by atoms with Crippen molar-refractivity contribution in [2.75, 3.05) is 15.5 Å². The average Bonchev–Trinajstić information content (AvgIpc) is 3.04. The molecule has 0 aromatic heterocycles. The summed E-state index contributed by atoms with van der Waals surface area (Å²) in [5.41, 5.74) is 2.34. The van der Waals surface area contributed by atoms with Crippen LogP contribution in [0.2, 0.25) is 0 Å². The number of nitrogens with zero attached hydrogens (tertiary/aromatic N) is 1. The fraction of sp³-hybridized carbons (Fsp3) is 0.0870. The van der Waals surface area contributed by atoms with E-state index in [1.165, 1.54) is 16.7 Å². The van der Waals surface area contributed by atoms with E-state index in [4.69, 9.17) is 12.2 Å². The monoisotopic (exact) mass is 511 g/mol. The summed E-state index contributed by atoms with van der Waals surface area (Å²) in [7, 11) is 0. The van der Waals surface area contributed by atoms with E-state index in [0.29, 0.717) is 10.8 Å². The van der Waals surface area contributed by atoms with Crippen LogP contribution < -0.4 is 15.5 Å². The van der Waals surface area contributed by atoms with Crippen LogP contribution in [0.3, 0.4) is 0 Å². The van der Waals surface area contributed by atoms with Crippen LogP contribution in [0.25, 0.3) is 0 Å². The highest BCUT2D eigenvalue weighted by atomic mass is 79.9. The molecule has 0 aliphatic carbocycles. The van der Waals surface area contributed by atoms with Crippen molar-refractivity contribution in [3.8, 4) is 0 Å². The van der Waals surface area contributed by atoms with Crippen LogP contribution in [0.15, 0.2) is 88.2 Å². The van der Waals surface area contributed by atoms with E-state index >= 15 is 0 Å². The molecule has 1 atom stereocenters. The Bertz CT molecular complexity index is 1110. The van der Waals surface area contributed by atoms with Gasteiger partial charge in [0.05, 0.1) is 10.9 Å². The molecule has 0 bridgehead atoms. The lowest BCUT2D eigenvalue weighted by Gasteiger charge is -2.15. The lowest BCUT2D eigenvalue weighted by Crippen LogP contribution is -2.31. The maximum Gasteiger partial charge on any atom is 0.247 e. The number of hydrogen-bond donors (Lipinski definition) is 2. The molecule has 8 heteroatoms. The van der Waals surface area contributed by atoms with Crippen LogP contribution in [0.1, 0.15) is 6.42 Å². The minimum Gasteiger partial charge on any atom is -0.332 e. The molecule has 1 aliphatic rings. The molecule has 156 valence electrons. The predicted molar refractivity (Wildman–Crippen MR) is 134 cm³/mol. The number of benzene rings is 3. The van der Waals surface area contributed by atoms with Gasteiger partial charge in [-0.25, -0.2) is 4.90 Å². The normalized spacial score (nSPS) is 15.8. The molecule has 1 heterocycles. The van der Waals surface area contributed by atoms with Crippen molar-refractivity contribution in [3.63, 3.8) is 0 Å². The number of para-hydroxylation sites is 1. The maximum absolute atomic E-state index is 12.8. The second kappa shape index (κ2) is 9.64. The molecule has 3 aromatic carbocycles. The third kappa shape index (κ3) is 5.33. The van der Waals surface area contributed by atoms with Crippen LogP contribution in [0.5, 0.6) is 0 Å². The van der Waals surface area contributed by atoms with Crippen molar-refractivity contribution in [1.82, 2.24) is 0 Å². The SMILES string of the molecule is O=C1C[C@@H](Sc2ccc(NC(=S)Nc3ccccc3)cc2)C(=O)N1c1ccc(Br)cc1. The number of carbonyl (C=O) groups is 2. The van der Waals surface area contributed by atoms with Crippen molar-refractivity contribution in [1.29, 1.82) is 0 Å². The summed E-state index contributed by atoms with van der Waals surface area (Å²) in [5, 5.41) is 6.32. The first-order valence-electron chi connectivity index (χ1n) is 9.52. The third-order valence-electron chi connectivity index (χ3n) is 4.61. The minimum absolute atomic E-state index is 0.180. The number of imide groups is 1. The predicted octanol–water partition coefficient (Wildman–Crippen LogP) is 5.68. The van der Waals surface area contributed by atoms with Gasteiger partial charge in [0, 0.05) is 27.2 Å². The van der Waals surface area contributed by atoms with Gasteiger partial charge >= 0.3 is 0 Å². The Hall–Kier alpha value is -2.68. The van der Waals surface area contributed by atoms with Crippen LogP contribution in [0, 0.1) is 0 Å². The first kappa shape index (κ1) is 21.5. The molecule has 4 rings (SSSR count). The molecule has 1 aliphatic heterocycles. The van der Waals surface area contributed by atoms with Gasteiger partial charge in [-0.05, 0) is 72.9 Å². The summed E-state index contributed by atoms with van der Waals surface area (Å²) in [4.78, 5) is 27.5. The Balaban J connectivity index is 1.36. The molecular weight excluding hydrogens is 494 g/mol. The molecular formula is C23H18BrN3O2S2. The molecule has 1 saturated heterocycles. The van der Waals surface area contributed by atoms with Gasteiger partial charge in [0.1, 0.15) is 0 Å². The topological polar surface area (TPSA) is 61.4 Å². The number of carbonyl (C=O) groups excluding carboxylic acids is 2. The lowest BCUT2D eigenvalue weighted by molar-refractivity contribution is -0.121. The highest BCUT2D eigenvalue weighted by molar-refractivity contribution is 9.10. The van der Waals surface area contributed by atoms with Gasteiger partial charge in [0.15, 0.2) is 5.11 Å². The van der Waals surface area contributed by atoms with E-state index in [0.717, 1.165) is 20.7 Å². The molecule has 5 nitrogen and oxygen atoms in total. The summed E-state index contributed by atoms with van der Waals surface area (Å²) >= 11 is 10.1. The van der Waals surface area contributed by atoms with Gasteiger partial charge in [0.25, 0.3) is 0 Å². The second-order valence-electron chi connectivity index (χ2n) is 6.82. The number of thioether (sulfide) groups is 1. The minimum atomic E-state index is -0.434. The average molecular weight is 512 g/mol.